The van der Waals surface area contributed by atoms with E-state index in [1.807, 2.05) is 12.1 Å². The maximum absolute atomic E-state index is 12.3. The van der Waals surface area contributed by atoms with E-state index >= 15 is 0 Å². The van der Waals surface area contributed by atoms with E-state index in [0.29, 0.717) is 48.5 Å². The van der Waals surface area contributed by atoms with Gasteiger partial charge in [-0.3, -0.25) is 4.79 Å². The molecule has 172 valence electrons. The molecule has 1 amide bonds. The number of amides is 1. The lowest BCUT2D eigenvalue weighted by atomic mass is 9.98. The molecule has 0 aliphatic carbocycles. The smallest absolute Gasteiger partial charge is 0.262 e. The Morgan fingerprint density at radius 1 is 1.18 bits per heavy atom. The summed E-state index contributed by atoms with van der Waals surface area (Å²) < 4.78 is 16.2. The number of aromatic nitrogens is 4. The number of pyridine rings is 1. The topological polar surface area (TPSA) is 136 Å². The SMILES string of the molecule is CO[C@@H]1COC[C@H]1Nc1nccc(-c2cccc(-c3cc([C@]4(O)CCN(C)C4=O)on3)n2)n1. The number of likely N-dealkylation sites (N-methyl/N-ethyl adjacent to an activating group) is 1. The van der Waals surface area contributed by atoms with Gasteiger partial charge in [0.1, 0.15) is 11.8 Å². The molecule has 5 rings (SSSR count). The molecule has 3 atom stereocenters. The van der Waals surface area contributed by atoms with E-state index in [1.54, 1.807) is 38.6 Å². The number of ether oxygens (including phenoxy) is 2. The molecule has 2 fully saturated rings. The molecule has 2 N–H and O–H groups in total. The molecule has 0 unspecified atom stereocenters. The monoisotopic (exact) mass is 452 g/mol. The van der Waals surface area contributed by atoms with Gasteiger partial charge in [-0.2, -0.15) is 0 Å². The highest BCUT2D eigenvalue weighted by Gasteiger charge is 2.48. The van der Waals surface area contributed by atoms with Gasteiger partial charge in [-0.25, -0.2) is 15.0 Å². The minimum atomic E-state index is -1.70. The van der Waals surface area contributed by atoms with Gasteiger partial charge in [0, 0.05) is 39.4 Å². The molecule has 2 aliphatic heterocycles. The maximum Gasteiger partial charge on any atom is 0.262 e. The van der Waals surface area contributed by atoms with E-state index in [-0.39, 0.29) is 24.3 Å². The summed E-state index contributed by atoms with van der Waals surface area (Å²) in [4.78, 5) is 27.3. The fraction of sp³-hybridized carbons (Fsp3) is 0.409. The normalized spacial score (nSPS) is 25.1. The first-order valence-electron chi connectivity index (χ1n) is 10.6. The lowest BCUT2D eigenvalue weighted by Crippen LogP contribution is -2.35. The van der Waals surface area contributed by atoms with E-state index in [1.165, 1.54) is 4.90 Å². The van der Waals surface area contributed by atoms with Gasteiger partial charge in [-0.15, -0.1) is 0 Å². The van der Waals surface area contributed by atoms with Gasteiger partial charge in [-0.05, 0) is 18.2 Å². The number of rotatable bonds is 6. The summed E-state index contributed by atoms with van der Waals surface area (Å²) in [7, 11) is 3.29. The summed E-state index contributed by atoms with van der Waals surface area (Å²) in [6.07, 6.45) is 1.83. The predicted octanol–water partition coefficient (Wildman–Crippen LogP) is 1.07. The highest BCUT2D eigenvalue weighted by molar-refractivity contribution is 5.87. The molecular weight excluding hydrogens is 428 g/mol. The molecule has 3 aromatic rings. The van der Waals surface area contributed by atoms with E-state index in [2.05, 4.69) is 25.4 Å². The van der Waals surface area contributed by atoms with Gasteiger partial charge < -0.3 is 29.3 Å². The Morgan fingerprint density at radius 2 is 1.97 bits per heavy atom. The fourth-order valence-electron chi connectivity index (χ4n) is 4.03. The molecule has 0 radical (unpaired) electrons. The quantitative estimate of drug-likeness (QED) is 0.559. The number of anilines is 1. The molecule has 5 heterocycles. The van der Waals surface area contributed by atoms with Crippen LogP contribution in [0.15, 0.2) is 41.1 Å². The van der Waals surface area contributed by atoms with Crippen molar-refractivity contribution in [2.24, 2.45) is 0 Å². The predicted molar refractivity (Wildman–Crippen MR) is 116 cm³/mol. The fourth-order valence-corrected chi connectivity index (χ4v) is 4.03. The van der Waals surface area contributed by atoms with E-state index in [0.717, 1.165) is 0 Å². The summed E-state index contributed by atoms with van der Waals surface area (Å²) in [5, 5.41) is 18.1. The third-order valence-corrected chi connectivity index (χ3v) is 6.00. The number of nitrogens with one attached hydrogen (secondary N) is 1. The third kappa shape index (κ3) is 3.94. The first kappa shape index (κ1) is 21.4. The van der Waals surface area contributed by atoms with Crippen molar-refractivity contribution in [3.8, 4) is 22.8 Å². The summed E-state index contributed by atoms with van der Waals surface area (Å²) in [5.74, 6) is 0.155. The molecule has 2 aliphatic rings. The summed E-state index contributed by atoms with van der Waals surface area (Å²) in [5.41, 5.74) is 0.484. The number of hydrogen-bond acceptors (Lipinski definition) is 10. The van der Waals surface area contributed by atoms with Crippen molar-refractivity contribution in [1.82, 2.24) is 25.0 Å². The minimum absolute atomic E-state index is 0.0405. The van der Waals surface area contributed by atoms with Crippen LogP contribution in [0.1, 0.15) is 12.2 Å². The average molecular weight is 452 g/mol. The van der Waals surface area contributed by atoms with Crippen LogP contribution < -0.4 is 5.32 Å². The van der Waals surface area contributed by atoms with Crippen molar-refractivity contribution < 1.29 is 23.9 Å². The molecule has 2 saturated heterocycles. The number of carbonyl (C=O) groups is 1. The zero-order chi connectivity index (χ0) is 23.0. The Kier molecular flexibility index (Phi) is 5.52. The van der Waals surface area contributed by atoms with Crippen molar-refractivity contribution in [3.63, 3.8) is 0 Å². The van der Waals surface area contributed by atoms with E-state index in [9.17, 15) is 9.90 Å². The van der Waals surface area contributed by atoms with Gasteiger partial charge in [-0.1, -0.05) is 11.2 Å². The second kappa shape index (κ2) is 8.50. The molecule has 0 saturated carbocycles. The van der Waals surface area contributed by atoms with Crippen LogP contribution in [-0.2, 0) is 19.9 Å². The molecule has 0 spiro atoms. The molecule has 11 nitrogen and oxygen atoms in total. The van der Waals surface area contributed by atoms with Crippen LogP contribution in [0.5, 0.6) is 0 Å². The van der Waals surface area contributed by atoms with Gasteiger partial charge >= 0.3 is 0 Å². The molecule has 11 heteroatoms. The van der Waals surface area contributed by atoms with Crippen molar-refractivity contribution in [2.45, 2.75) is 24.2 Å². The number of hydrogen-bond donors (Lipinski definition) is 2. The third-order valence-electron chi connectivity index (χ3n) is 6.00. The van der Waals surface area contributed by atoms with Crippen molar-refractivity contribution in [3.05, 3.63) is 42.3 Å². The van der Waals surface area contributed by atoms with Gasteiger partial charge in [0.15, 0.2) is 5.76 Å². The van der Waals surface area contributed by atoms with Crippen LogP contribution in [-0.4, -0.2) is 82.1 Å². The summed E-state index contributed by atoms with van der Waals surface area (Å²) in [6, 6.07) is 8.71. The number of likely N-dealkylation sites (tertiary alicyclic amines) is 1. The largest absolute Gasteiger partial charge is 0.377 e. The van der Waals surface area contributed by atoms with Crippen LogP contribution in [0.4, 0.5) is 5.95 Å². The Bertz CT molecular complexity index is 1170. The lowest BCUT2D eigenvalue weighted by Gasteiger charge is -2.17. The second-order valence-electron chi connectivity index (χ2n) is 8.15. The number of methoxy groups -OCH3 is 1. The Hall–Kier alpha value is -3.41. The lowest BCUT2D eigenvalue weighted by molar-refractivity contribution is -0.144. The minimum Gasteiger partial charge on any atom is -0.377 e. The van der Waals surface area contributed by atoms with Crippen molar-refractivity contribution in [1.29, 1.82) is 0 Å². The average Bonchev–Trinajstić information content (AvgIpc) is 3.57. The number of carbonyl (C=O) groups excluding carboxylic acids is 1. The first-order valence-corrected chi connectivity index (χ1v) is 10.6. The number of aliphatic hydroxyl groups is 1. The zero-order valence-corrected chi connectivity index (χ0v) is 18.3. The molecule has 33 heavy (non-hydrogen) atoms. The molecule has 0 aromatic carbocycles. The Labute approximate surface area is 189 Å². The Balaban J connectivity index is 1.38. The number of nitrogens with zero attached hydrogens (tertiary/aromatic N) is 5. The summed E-state index contributed by atoms with van der Waals surface area (Å²) >= 11 is 0. The van der Waals surface area contributed by atoms with Crippen LogP contribution >= 0.6 is 0 Å². The second-order valence-corrected chi connectivity index (χ2v) is 8.15. The van der Waals surface area contributed by atoms with Crippen LogP contribution in [0.2, 0.25) is 0 Å². The van der Waals surface area contributed by atoms with Crippen LogP contribution in [0.3, 0.4) is 0 Å². The Morgan fingerprint density at radius 3 is 2.73 bits per heavy atom. The van der Waals surface area contributed by atoms with Crippen LogP contribution in [0.25, 0.3) is 22.8 Å². The van der Waals surface area contributed by atoms with Crippen molar-refractivity contribution >= 4 is 11.9 Å². The van der Waals surface area contributed by atoms with Crippen molar-refractivity contribution in [2.75, 3.05) is 39.2 Å². The van der Waals surface area contributed by atoms with Crippen LogP contribution in [0, 0.1) is 0 Å². The highest BCUT2D eigenvalue weighted by Crippen LogP contribution is 2.34. The standard InChI is InChI=1S/C22H24N6O5/c1-28-9-7-22(30,20(28)29)19-10-16(27-33-19)14-5-3-4-13(24-14)15-6-8-23-21(25-15)26-17-11-32-12-18(17)31-2/h3-6,8,10,17-18,30H,7,9,11-12H2,1-2H3,(H,23,25,26)/t17-,18-,22-/m1/s1. The molecular formula is C22H24N6O5. The molecule has 0 bridgehead atoms. The van der Waals surface area contributed by atoms with Gasteiger partial charge in [0.2, 0.25) is 11.5 Å². The van der Waals surface area contributed by atoms with Gasteiger partial charge in [0.05, 0.1) is 36.3 Å². The summed E-state index contributed by atoms with van der Waals surface area (Å²) in [6.45, 7) is 1.48. The molecule has 3 aromatic heterocycles. The maximum atomic E-state index is 12.3. The first-order chi connectivity index (χ1) is 16.0. The zero-order valence-electron chi connectivity index (χ0n) is 18.3. The van der Waals surface area contributed by atoms with E-state index < -0.39 is 11.5 Å². The van der Waals surface area contributed by atoms with Gasteiger partial charge in [0.25, 0.3) is 5.91 Å². The van der Waals surface area contributed by atoms with E-state index in [4.69, 9.17) is 14.0 Å². The highest BCUT2D eigenvalue weighted by atomic mass is 16.5.